The van der Waals surface area contributed by atoms with Crippen molar-refractivity contribution in [3.05, 3.63) is 0 Å². The minimum absolute atomic E-state index is 0.0947. The third-order valence-electron chi connectivity index (χ3n) is 1.60. The smallest absolute Gasteiger partial charge is 0.243 e. The number of carbonyl (C=O) groups is 2. The summed E-state index contributed by atoms with van der Waals surface area (Å²) in [7, 11) is 3.25. The van der Waals surface area contributed by atoms with Crippen LogP contribution in [0, 0.1) is 0 Å². The molecule has 1 unspecified atom stereocenters. The number of likely N-dealkylation sites (tertiary alicyclic amines) is 1. The summed E-state index contributed by atoms with van der Waals surface area (Å²) < 4.78 is 2.80. The largest absolute Gasteiger partial charge is 0.285 e. The van der Waals surface area contributed by atoms with Gasteiger partial charge in [-0.15, -0.1) is 0 Å². The quantitative estimate of drug-likeness (QED) is 0.457. The number of imide groups is 1. The van der Waals surface area contributed by atoms with Crippen LogP contribution in [0.2, 0.25) is 0 Å². The van der Waals surface area contributed by atoms with E-state index in [2.05, 4.69) is 4.72 Å². The van der Waals surface area contributed by atoms with Gasteiger partial charge in [0.05, 0.1) is 0 Å². The fraction of sp³-hybridized carbons (Fsp3) is 0.667. The van der Waals surface area contributed by atoms with E-state index in [9.17, 15) is 9.59 Å². The Morgan fingerprint density at radius 2 is 2.27 bits per heavy atom. The summed E-state index contributed by atoms with van der Waals surface area (Å²) in [5, 5.41) is -0.225. The van der Waals surface area contributed by atoms with Gasteiger partial charge in [0.1, 0.15) is 5.25 Å². The first-order chi connectivity index (χ1) is 5.16. The van der Waals surface area contributed by atoms with E-state index in [4.69, 9.17) is 0 Å². The molecule has 1 fully saturated rings. The van der Waals surface area contributed by atoms with E-state index in [1.54, 1.807) is 7.05 Å². The second-order valence-corrected chi connectivity index (χ2v) is 3.52. The summed E-state index contributed by atoms with van der Waals surface area (Å²) in [6, 6.07) is 0. The van der Waals surface area contributed by atoms with Gasteiger partial charge in [0.25, 0.3) is 0 Å². The maximum Gasteiger partial charge on any atom is 0.243 e. The SMILES string of the molecule is CNSC1CC(=O)N(C)C1=O. The normalized spacial score (nSPS) is 24.9. The molecule has 4 nitrogen and oxygen atoms in total. The van der Waals surface area contributed by atoms with Gasteiger partial charge in [0, 0.05) is 13.5 Å². The molecule has 0 aromatic rings. The molecule has 0 aliphatic carbocycles. The third kappa shape index (κ3) is 1.54. The van der Waals surface area contributed by atoms with Gasteiger partial charge in [-0.05, 0) is 7.05 Å². The predicted molar refractivity (Wildman–Crippen MR) is 42.8 cm³/mol. The molecule has 2 amide bonds. The Kier molecular flexibility index (Phi) is 2.51. The van der Waals surface area contributed by atoms with Gasteiger partial charge in [-0.3, -0.25) is 19.2 Å². The number of hydrogen-bond acceptors (Lipinski definition) is 4. The van der Waals surface area contributed by atoms with Crippen LogP contribution >= 0.6 is 11.9 Å². The van der Waals surface area contributed by atoms with E-state index in [-0.39, 0.29) is 17.1 Å². The highest BCUT2D eigenvalue weighted by molar-refractivity contribution is 7.98. The molecule has 1 aliphatic rings. The van der Waals surface area contributed by atoms with Crippen LogP contribution in [-0.4, -0.2) is 36.1 Å². The van der Waals surface area contributed by atoms with E-state index < -0.39 is 0 Å². The second-order valence-electron chi connectivity index (χ2n) is 2.31. The third-order valence-corrected chi connectivity index (χ3v) is 2.49. The Labute approximate surface area is 69.4 Å². The highest BCUT2D eigenvalue weighted by Crippen LogP contribution is 2.20. The van der Waals surface area contributed by atoms with Crippen LogP contribution in [0.1, 0.15) is 6.42 Å². The molecular weight excluding hydrogens is 164 g/mol. The summed E-state index contributed by atoms with van der Waals surface area (Å²) in [6.45, 7) is 0. The molecule has 1 N–H and O–H groups in total. The Morgan fingerprint density at radius 1 is 1.64 bits per heavy atom. The van der Waals surface area contributed by atoms with Gasteiger partial charge in [-0.25, -0.2) is 0 Å². The summed E-state index contributed by atoms with van der Waals surface area (Å²) in [4.78, 5) is 23.3. The van der Waals surface area contributed by atoms with Crippen molar-refractivity contribution in [2.24, 2.45) is 0 Å². The highest BCUT2D eigenvalue weighted by atomic mass is 32.2. The van der Waals surface area contributed by atoms with Crippen molar-refractivity contribution in [1.29, 1.82) is 0 Å². The summed E-state index contributed by atoms with van der Waals surface area (Å²) in [5.41, 5.74) is 0. The Balaban J connectivity index is 2.60. The lowest BCUT2D eigenvalue weighted by atomic mass is 10.4. The van der Waals surface area contributed by atoms with Crippen LogP contribution in [0.4, 0.5) is 0 Å². The molecule has 11 heavy (non-hydrogen) atoms. The van der Waals surface area contributed by atoms with Crippen molar-refractivity contribution in [2.75, 3.05) is 14.1 Å². The number of rotatable bonds is 2. The molecule has 1 atom stereocenters. The van der Waals surface area contributed by atoms with Crippen molar-refractivity contribution in [3.8, 4) is 0 Å². The molecule has 1 aliphatic heterocycles. The van der Waals surface area contributed by atoms with Gasteiger partial charge in [0.15, 0.2) is 0 Å². The topological polar surface area (TPSA) is 49.4 Å². The molecule has 1 rings (SSSR count). The molecule has 0 aromatic heterocycles. The van der Waals surface area contributed by atoms with Crippen LogP contribution in [-0.2, 0) is 9.59 Å². The summed E-state index contributed by atoms with van der Waals surface area (Å²) >= 11 is 1.29. The predicted octanol–water partition coefficient (Wildman–Crippen LogP) is -0.389. The van der Waals surface area contributed by atoms with E-state index in [0.717, 1.165) is 0 Å². The van der Waals surface area contributed by atoms with Gasteiger partial charge in [-0.2, -0.15) is 0 Å². The first-order valence-corrected chi connectivity index (χ1v) is 4.17. The number of nitrogens with zero attached hydrogens (tertiary/aromatic N) is 1. The molecule has 0 aromatic carbocycles. The molecule has 62 valence electrons. The van der Waals surface area contributed by atoms with E-state index >= 15 is 0 Å². The van der Waals surface area contributed by atoms with Crippen molar-refractivity contribution in [3.63, 3.8) is 0 Å². The van der Waals surface area contributed by atoms with Crippen molar-refractivity contribution < 1.29 is 9.59 Å². The zero-order chi connectivity index (χ0) is 8.43. The van der Waals surface area contributed by atoms with E-state index in [1.165, 1.54) is 23.9 Å². The molecule has 1 heterocycles. The van der Waals surface area contributed by atoms with Crippen LogP contribution in [0.3, 0.4) is 0 Å². The average molecular weight is 174 g/mol. The van der Waals surface area contributed by atoms with Crippen LogP contribution < -0.4 is 4.72 Å². The zero-order valence-corrected chi connectivity index (χ0v) is 7.27. The average Bonchev–Trinajstić information content (AvgIpc) is 2.19. The standard InChI is InChI=1S/C6H10N2O2S/c1-7-11-4-3-5(9)8(2)6(4)10/h4,7H,3H2,1-2H3. The van der Waals surface area contributed by atoms with Gasteiger partial charge >= 0.3 is 0 Å². The first-order valence-electron chi connectivity index (χ1n) is 3.29. The summed E-state index contributed by atoms with van der Waals surface area (Å²) in [5.74, 6) is -0.197. The van der Waals surface area contributed by atoms with Gasteiger partial charge in [-0.1, -0.05) is 11.9 Å². The van der Waals surface area contributed by atoms with E-state index in [0.29, 0.717) is 6.42 Å². The Hall–Kier alpha value is -0.550. The van der Waals surface area contributed by atoms with Crippen LogP contribution in [0.15, 0.2) is 0 Å². The zero-order valence-electron chi connectivity index (χ0n) is 6.46. The lowest BCUT2D eigenvalue weighted by Gasteiger charge is -2.06. The maximum absolute atomic E-state index is 11.1. The fourth-order valence-electron chi connectivity index (χ4n) is 0.956. The van der Waals surface area contributed by atoms with Crippen LogP contribution in [0.5, 0.6) is 0 Å². The highest BCUT2D eigenvalue weighted by Gasteiger charge is 2.36. The van der Waals surface area contributed by atoms with Crippen molar-refractivity contribution >= 4 is 23.8 Å². The number of carbonyl (C=O) groups excluding carboxylic acids is 2. The molecule has 0 radical (unpaired) electrons. The molecule has 5 heteroatoms. The van der Waals surface area contributed by atoms with E-state index in [1.807, 2.05) is 0 Å². The monoisotopic (exact) mass is 174 g/mol. The lowest BCUT2D eigenvalue weighted by Crippen LogP contribution is -2.27. The van der Waals surface area contributed by atoms with Gasteiger partial charge < -0.3 is 0 Å². The minimum atomic E-state index is -0.225. The minimum Gasteiger partial charge on any atom is -0.285 e. The number of nitrogens with one attached hydrogen (secondary N) is 1. The Morgan fingerprint density at radius 3 is 2.64 bits per heavy atom. The Bertz CT molecular complexity index is 195. The van der Waals surface area contributed by atoms with Crippen molar-refractivity contribution in [1.82, 2.24) is 9.62 Å². The number of amides is 2. The number of hydrogen-bond donors (Lipinski definition) is 1. The summed E-state index contributed by atoms with van der Waals surface area (Å²) in [6.07, 6.45) is 0.320. The lowest BCUT2D eigenvalue weighted by molar-refractivity contribution is -0.136. The first kappa shape index (κ1) is 8.55. The van der Waals surface area contributed by atoms with Gasteiger partial charge in [0.2, 0.25) is 11.8 Å². The molecule has 0 spiro atoms. The molecule has 0 bridgehead atoms. The maximum atomic E-state index is 11.1. The van der Waals surface area contributed by atoms with Crippen LogP contribution in [0.25, 0.3) is 0 Å². The fourth-order valence-corrected chi connectivity index (χ4v) is 1.73. The molecule has 1 saturated heterocycles. The van der Waals surface area contributed by atoms with Crippen molar-refractivity contribution in [2.45, 2.75) is 11.7 Å². The molecule has 0 saturated carbocycles. The molecular formula is C6H10N2O2S. The second kappa shape index (κ2) is 3.23.